The molecule has 0 amide bonds. The van der Waals surface area contributed by atoms with E-state index in [1.54, 1.807) is 6.20 Å². The first-order valence-corrected chi connectivity index (χ1v) is 12.7. The molecule has 5 aromatic rings. The molecule has 0 aliphatic carbocycles. The van der Waals surface area contributed by atoms with E-state index < -0.39 is 0 Å². The number of rotatable bonds is 4. The number of hydrogen-bond acceptors (Lipinski definition) is 4. The highest BCUT2D eigenvalue weighted by Crippen LogP contribution is 2.35. The fourth-order valence-electron chi connectivity index (χ4n) is 4.30. The van der Waals surface area contributed by atoms with E-state index in [9.17, 15) is 0 Å². The number of pyridine rings is 1. The maximum absolute atomic E-state index is 6.22. The molecule has 0 atom stereocenters. The van der Waals surface area contributed by atoms with Gasteiger partial charge in [-0.1, -0.05) is 77.9 Å². The first-order valence-electron chi connectivity index (χ1n) is 12.7. The topological polar surface area (TPSA) is 51.3 Å². The van der Waals surface area contributed by atoms with Crippen LogP contribution in [0.15, 0.2) is 94.5 Å². The monoisotopic (exact) mass is 487 g/mol. The van der Waals surface area contributed by atoms with Crippen molar-refractivity contribution in [2.45, 2.75) is 52.4 Å². The van der Waals surface area contributed by atoms with Crippen LogP contribution < -0.4 is 0 Å². The minimum atomic E-state index is 0.0469. The highest BCUT2D eigenvalue weighted by molar-refractivity contribution is 5.92. The van der Waals surface area contributed by atoms with Gasteiger partial charge < -0.3 is 4.42 Å². The Morgan fingerprint density at radius 1 is 0.730 bits per heavy atom. The Hall–Kier alpha value is -4.05. The third-order valence-corrected chi connectivity index (χ3v) is 6.53. The van der Waals surface area contributed by atoms with Crippen molar-refractivity contribution in [2.75, 3.05) is 0 Å². The summed E-state index contributed by atoms with van der Waals surface area (Å²) < 4.78 is 6.22. The summed E-state index contributed by atoms with van der Waals surface area (Å²) in [5.74, 6) is 0.546. The number of aliphatic imine (C=N–C) groups is 1. The van der Waals surface area contributed by atoms with Gasteiger partial charge in [0.05, 0.1) is 16.9 Å². The Balaban J connectivity index is 1.56. The van der Waals surface area contributed by atoms with E-state index in [1.165, 1.54) is 11.1 Å². The molecule has 4 heteroatoms. The molecular formula is C33H33N3O. The second kappa shape index (κ2) is 9.44. The van der Waals surface area contributed by atoms with Crippen LogP contribution in [-0.2, 0) is 10.8 Å². The second-order valence-electron chi connectivity index (χ2n) is 11.5. The Morgan fingerprint density at radius 2 is 1.41 bits per heavy atom. The number of oxazole rings is 1. The highest BCUT2D eigenvalue weighted by Gasteiger charge is 2.20. The van der Waals surface area contributed by atoms with E-state index in [-0.39, 0.29) is 10.8 Å². The molecule has 0 spiro atoms. The molecule has 0 saturated carbocycles. The third kappa shape index (κ3) is 5.24. The average Bonchev–Trinajstić information content (AvgIpc) is 3.31. The smallest absolute Gasteiger partial charge is 0.229 e. The second-order valence-corrected chi connectivity index (χ2v) is 11.5. The van der Waals surface area contributed by atoms with Crippen molar-refractivity contribution in [1.29, 1.82) is 0 Å². The fourth-order valence-corrected chi connectivity index (χ4v) is 4.30. The molecule has 37 heavy (non-hydrogen) atoms. The van der Waals surface area contributed by atoms with Crippen molar-refractivity contribution in [3.8, 4) is 22.7 Å². The maximum atomic E-state index is 6.22. The van der Waals surface area contributed by atoms with Crippen LogP contribution in [0.3, 0.4) is 0 Å². The van der Waals surface area contributed by atoms with Crippen LogP contribution >= 0.6 is 0 Å². The van der Waals surface area contributed by atoms with Crippen LogP contribution in [-0.4, -0.2) is 16.2 Å². The summed E-state index contributed by atoms with van der Waals surface area (Å²) in [6, 6.07) is 26.6. The SMILES string of the molecule is CC(C)(C)c1cc(C=Nc2ccccc2-c2nc3c(-c4ccccn4)cccc3o2)cc(C(C)(C)C)c1. The molecule has 0 unspecified atom stereocenters. The summed E-state index contributed by atoms with van der Waals surface area (Å²) in [6.45, 7) is 13.5. The van der Waals surface area contributed by atoms with Crippen LogP contribution in [0.1, 0.15) is 58.2 Å². The number of nitrogens with zero attached hydrogens (tertiary/aromatic N) is 3. The molecule has 0 radical (unpaired) electrons. The van der Waals surface area contributed by atoms with Gasteiger partial charge in [0.15, 0.2) is 5.58 Å². The summed E-state index contributed by atoms with van der Waals surface area (Å²) in [7, 11) is 0. The van der Waals surface area contributed by atoms with Crippen molar-refractivity contribution < 1.29 is 4.42 Å². The van der Waals surface area contributed by atoms with E-state index in [4.69, 9.17) is 14.4 Å². The minimum Gasteiger partial charge on any atom is -0.436 e. The zero-order valence-electron chi connectivity index (χ0n) is 22.4. The average molecular weight is 488 g/mol. The summed E-state index contributed by atoms with van der Waals surface area (Å²) in [5.41, 5.74) is 8.78. The van der Waals surface area contributed by atoms with Gasteiger partial charge in [0.1, 0.15) is 5.52 Å². The maximum Gasteiger partial charge on any atom is 0.229 e. The van der Waals surface area contributed by atoms with E-state index in [1.807, 2.05) is 66.9 Å². The van der Waals surface area contributed by atoms with Crippen LogP contribution in [0.25, 0.3) is 33.8 Å². The Bertz CT molecular complexity index is 1550. The Labute approximate surface area is 219 Å². The predicted molar refractivity (Wildman–Crippen MR) is 154 cm³/mol. The van der Waals surface area contributed by atoms with E-state index in [0.29, 0.717) is 5.89 Å². The van der Waals surface area contributed by atoms with Gasteiger partial charge in [-0.15, -0.1) is 0 Å². The molecule has 0 N–H and O–H groups in total. The minimum absolute atomic E-state index is 0.0469. The molecule has 3 aromatic carbocycles. The van der Waals surface area contributed by atoms with Gasteiger partial charge in [-0.05, 0) is 70.0 Å². The zero-order chi connectivity index (χ0) is 26.2. The molecule has 5 rings (SSSR count). The van der Waals surface area contributed by atoms with Gasteiger partial charge >= 0.3 is 0 Å². The number of aromatic nitrogens is 2. The van der Waals surface area contributed by atoms with E-state index in [0.717, 1.165) is 39.2 Å². The predicted octanol–water partition coefficient (Wildman–Crippen LogP) is 8.90. The lowest BCUT2D eigenvalue weighted by molar-refractivity contribution is 0.568. The molecule has 4 nitrogen and oxygen atoms in total. The first-order chi connectivity index (χ1) is 17.6. The molecule has 2 heterocycles. The van der Waals surface area contributed by atoms with Crippen LogP contribution in [0.2, 0.25) is 0 Å². The Morgan fingerprint density at radius 3 is 2.08 bits per heavy atom. The molecule has 0 aliphatic rings. The number of hydrogen-bond donors (Lipinski definition) is 0. The fraction of sp³-hybridized carbons (Fsp3) is 0.242. The number of benzene rings is 3. The largest absolute Gasteiger partial charge is 0.436 e. The first kappa shape index (κ1) is 24.6. The van der Waals surface area contributed by atoms with Crippen molar-refractivity contribution in [3.63, 3.8) is 0 Å². The van der Waals surface area contributed by atoms with Gasteiger partial charge in [0.2, 0.25) is 5.89 Å². The van der Waals surface area contributed by atoms with Crippen molar-refractivity contribution in [2.24, 2.45) is 4.99 Å². The molecule has 0 fully saturated rings. The normalized spacial score (nSPS) is 12.5. The zero-order valence-corrected chi connectivity index (χ0v) is 22.4. The van der Waals surface area contributed by atoms with Crippen molar-refractivity contribution >= 4 is 23.0 Å². The van der Waals surface area contributed by atoms with Gasteiger partial charge in [0.25, 0.3) is 0 Å². The molecule has 0 saturated heterocycles. The molecule has 186 valence electrons. The van der Waals surface area contributed by atoms with Gasteiger partial charge in [-0.2, -0.15) is 0 Å². The lowest BCUT2D eigenvalue weighted by Gasteiger charge is -2.25. The van der Waals surface area contributed by atoms with E-state index in [2.05, 4.69) is 64.7 Å². The lowest BCUT2D eigenvalue weighted by atomic mass is 9.79. The lowest BCUT2D eigenvalue weighted by Crippen LogP contribution is -2.17. The van der Waals surface area contributed by atoms with Gasteiger partial charge in [0, 0.05) is 18.0 Å². The molecular weight excluding hydrogens is 454 g/mol. The van der Waals surface area contributed by atoms with Gasteiger partial charge in [-0.3, -0.25) is 9.98 Å². The van der Waals surface area contributed by atoms with Crippen LogP contribution in [0, 0.1) is 0 Å². The quantitative estimate of drug-likeness (QED) is 0.238. The van der Waals surface area contributed by atoms with Crippen molar-refractivity contribution in [3.05, 3.63) is 102 Å². The van der Waals surface area contributed by atoms with Gasteiger partial charge in [-0.25, -0.2) is 4.98 Å². The third-order valence-electron chi connectivity index (χ3n) is 6.53. The summed E-state index contributed by atoms with van der Waals surface area (Å²) in [6.07, 6.45) is 3.74. The number of para-hydroxylation sites is 2. The number of fused-ring (bicyclic) bond motifs is 1. The molecule has 2 aromatic heterocycles. The summed E-state index contributed by atoms with van der Waals surface area (Å²) in [4.78, 5) is 14.3. The standard InChI is InChI=1S/C33H33N3O/c1-32(2,3)23-18-22(19-24(20-23)33(4,5)6)21-35-28-14-8-7-12-26(28)31-36-30-25(13-11-16-29(30)37-31)27-15-9-10-17-34-27/h7-21H,1-6H3. The Kier molecular flexibility index (Phi) is 6.28. The summed E-state index contributed by atoms with van der Waals surface area (Å²) in [5, 5.41) is 0. The summed E-state index contributed by atoms with van der Waals surface area (Å²) >= 11 is 0. The molecule has 0 bridgehead atoms. The molecule has 0 aliphatic heterocycles. The van der Waals surface area contributed by atoms with Crippen LogP contribution in [0.5, 0.6) is 0 Å². The van der Waals surface area contributed by atoms with Crippen molar-refractivity contribution in [1.82, 2.24) is 9.97 Å². The van der Waals surface area contributed by atoms with E-state index >= 15 is 0 Å². The van der Waals surface area contributed by atoms with Crippen LogP contribution in [0.4, 0.5) is 5.69 Å². The highest BCUT2D eigenvalue weighted by atomic mass is 16.3.